The highest BCUT2D eigenvalue weighted by Crippen LogP contribution is 2.28. The van der Waals surface area contributed by atoms with Gasteiger partial charge in [0, 0.05) is 42.5 Å². The number of likely N-dealkylation sites (tertiary alicyclic amines) is 1. The van der Waals surface area contributed by atoms with Crippen LogP contribution in [-0.2, 0) is 6.42 Å². The summed E-state index contributed by atoms with van der Waals surface area (Å²) in [5.74, 6) is 0.00739. The smallest absolute Gasteiger partial charge is 0.183 e. The van der Waals surface area contributed by atoms with Gasteiger partial charge in [0.15, 0.2) is 17.5 Å². The van der Waals surface area contributed by atoms with E-state index in [9.17, 15) is 9.50 Å². The maximum atomic E-state index is 14.6. The van der Waals surface area contributed by atoms with Crippen LogP contribution in [0.1, 0.15) is 31.2 Å². The number of aliphatic hydroxyl groups is 1. The number of aromatic nitrogens is 4. The fourth-order valence-electron chi connectivity index (χ4n) is 4.74. The number of piperidine rings is 1. The number of aryl methyl sites for hydroxylation is 1. The van der Waals surface area contributed by atoms with E-state index in [0.717, 1.165) is 37.6 Å². The molecule has 1 aromatic carbocycles. The van der Waals surface area contributed by atoms with Gasteiger partial charge in [-0.3, -0.25) is 4.90 Å². The van der Waals surface area contributed by atoms with Gasteiger partial charge in [-0.15, -0.1) is 0 Å². The summed E-state index contributed by atoms with van der Waals surface area (Å²) in [7, 11) is 0. The zero-order valence-corrected chi connectivity index (χ0v) is 20.0. The van der Waals surface area contributed by atoms with E-state index in [2.05, 4.69) is 42.3 Å². The Morgan fingerprint density at radius 1 is 1.20 bits per heavy atom. The van der Waals surface area contributed by atoms with Crippen LogP contribution < -0.4 is 5.32 Å². The summed E-state index contributed by atoms with van der Waals surface area (Å²) in [6, 6.07) is 12.1. The largest absolute Gasteiger partial charge is 0.378 e. The third kappa shape index (κ3) is 5.45. The zero-order valence-electron chi connectivity index (χ0n) is 19.3. The van der Waals surface area contributed by atoms with Crippen LogP contribution in [0, 0.1) is 5.82 Å². The van der Waals surface area contributed by atoms with Gasteiger partial charge in [0.25, 0.3) is 0 Å². The second-order valence-corrected chi connectivity index (χ2v) is 9.35. The summed E-state index contributed by atoms with van der Waals surface area (Å²) in [6.07, 6.45) is 8.46. The van der Waals surface area contributed by atoms with Gasteiger partial charge in [0.05, 0.1) is 11.2 Å². The van der Waals surface area contributed by atoms with E-state index in [-0.39, 0.29) is 11.9 Å². The predicted molar refractivity (Wildman–Crippen MR) is 136 cm³/mol. The molecule has 1 fully saturated rings. The van der Waals surface area contributed by atoms with Gasteiger partial charge >= 0.3 is 0 Å². The molecule has 35 heavy (non-hydrogen) atoms. The molecule has 0 saturated carbocycles. The van der Waals surface area contributed by atoms with Crippen molar-refractivity contribution in [3.63, 3.8) is 0 Å². The fourth-order valence-corrected chi connectivity index (χ4v) is 4.90. The summed E-state index contributed by atoms with van der Waals surface area (Å²) in [5, 5.41) is 15.4. The van der Waals surface area contributed by atoms with Crippen LogP contribution in [0.15, 0.2) is 55.0 Å². The molecule has 182 valence electrons. The molecule has 0 amide bonds. The standard InChI is InChI=1S/C26H28ClFN6O/c27-18-12-20-21(15-31-24(20)29-13-18)25-32-16-22(28)26(33-25)30-14-19-8-4-5-11-34(19)23(35)10-9-17-6-2-1-3-7-17/h1-3,6-7,12-13,15-16,19,23,35H,4-5,8-11,14H2,(H,29,31)(H,30,32,33)/t19-,23?/m1/s1. The second-order valence-electron chi connectivity index (χ2n) is 8.92. The highest BCUT2D eigenvalue weighted by Gasteiger charge is 2.28. The van der Waals surface area contributed by atoms with Crippen molar-refractivity contribution in [1.29, 1.82) is 0 Å². The van der Waals surface area contributed by atoms with Gasteiger partial charge in [0.1, 0.15) is 11.9 Å². The molecule has 0 radical (unpaired) electrons. The molecule has 4 heterocycles. The molecular weight excluding hydrogens is 467 g/mol. The maximum absolute atomic E-state index is 14.6. The van der Waals surface area contributed by atoms with Crippen LogP contribution in [0.5, 0.6) is 0 Å². The van der Waals surface area contributed by atoms with Crippen molar-refractivity contribution in [2.75, 3.05) is 18.4 Å². The Bertz CT molecular complexity index is 1280. The van der Waals surface area contributed by atoms with Crippen molar-refractivity contribution >= 4 is 28.5 Å². The number of fused-ring (bicyclic) bond motifs is 1. The first-order chi connectivity index (χ1) is 17.1. The van der Waals surface area contributed by atoms with Gasteiger partial charge in [-0.1, -0.05) is 48.4 Å². The molecule has 7 nitrogen and oxygen atoms in total. The summed E-state index contributed by atoms with van der Waals surface area (Å²) in [5.41, 5.74) is 2.57. The number of halogens is 2. The highest BCUT2D eigenvalue weighted by atomic mass is 35.5. The van der Waals surface area contributed by atoms with Crippen molar-refractivity contribution in [2.24, 2.45) is 0 Å². The Morgan fingerprint density at radius 3 is 2.91 bits per heavy atom. The third-order valence-electron chi connectivity index (χ3n) is 6.58. The number of hydrogen-bond donors (Lipinski definition) is 3. The summed E-state index contributed by atoms with van der Waals surface area (Å²) >= 11 is 6.11. The van der Waals surface area contributed by atoms with Gasteiger partial charge in [-0.05, 0) is 37.3 Å². The lowest BCUT2D eigenvalue weighted by atomic mass is 10.00. The maximum Gasteiger partial charge on any atom is 0.183 e. The lowest BCUT2D eigenvalue weighted by Crippen LogP contribution is -2.49. The first kappa shape index (κ1) is 23.7. The molecule has 4 aromatic rings. The van der Waals surface area contributed by atoms with Crippen molar-refractivity contribution in [1.82, 2.24) is 24.8 Å². The lowest BCUT2D eigenvalue weighted by molar-refractivity contribution is -0.0413. The average molecular weight is 495 g/mol. The number of anilines is 1. The first-order valence-corrected chi connectivity index (χ1v) is 12.3. The number of nitrogens with one attached hydrogen (secondary N) is 2. The summed E-state index contributed by atoms with van der Waals surface area (Å²) in [4.78, 5) is 18.1. The first-order valence-electron chi connectivity index (χ1n) is 12.0. The minimum atomic E-state index is -0.545. The van der Waals surface area contributed by atoms with E-state index in [4.69, 9.17) is 11.6 Å². The van der Waals surface area contributed by atoms with Crippen molar-refractivity contribution in [3.05, 3.63) is 71.4 Å². The molecule has 0 aliphatic carbocycles. The molecule has 1 unspecified atom stereocenters. The third-order valence-corrected chi connectivity index (χ3v) is 6.78. The number of rotatable bonds is 8. The molecule has 1 aliphatic heterocycles. The van der Waals surface area contributed by atoms with Gasteiger partial charge in [-0.25, -0.2) is 19.3 Å². The quantitative estimate of drug-likeness (QED) is 0.318. The molecular formula is C26H28ClFN6O. The summed E-state index contributed by atoms with van der Waals surface area (Å²) in [6.45, 7) is 1.31. The molecule has 3 N–H and O–H groups in total. The van der Waals surface area contributed by atoms with Crippen LogP contribution >= 0.6 is 11.6 Å². The Hall–Kier alpha value is -3.07. The van der Waals surface area contributed by atoms with E-state index in [1.165, 1.54) is 11.8 Å². The van der Waals surface area contributed by atoms with E-state index in [0.29, 0.717) is 35.0 Å². The average Bonchev–Trinajstić information content (AvgIpc) is 3.30. The SMILES string of the molecule is OC(CCc1ccccc1)N1CCCC[C@@H]1CNc1nc(-c2c[nH]c3ncc(Cl)cc23)ncc1F. The number of nitrogens with zero attached hydrogens (tertiary/aromatic N) is 4. The molecule has 3 aromatic heterocycles. The van der Waals surface area contributed by atoms with E-state index < -0.39 is 12.0 Å². The molecule has 1 aliphatic rings. The topological polar surface area (TPSA) is 90.0 Å². The molecule has 0 bridgehead atoms. The number of H-pyrrole nitrogens is 1. The van der Waals surface area contributed by atoms with Gasteiger partial charge in [0.2, 0.25) is 0 Å². The van der Waals surface area contributed by atoms with Gasteiger partial charge in [-0.2, -0.15) is 0 Å². The molecule has 5 rings (SSSR count). The number of aromatic amines is 1. The molecule has 2 atom stereocenters. The van der Waals surface area contributed by atoms with Crippen LogP contribution in [0.3, 0.4) is 0 Å². The lowest BCUT2D eigenvalue weighted by Gasteiger charge is -2.39. The Morgan fingerprint density at radius 2 is 2.06 bits per heavy atom. The van der Waals surface area contributed by atoms with Crippen LogP contribution in [0.2, 0.25) is 5.02 Å². The second kappa shape index (κ2) is 10.7. The highest BCUT2D eigenvalue weighted by molar-refractivity contribution is 6.31. The van der Waals surface area contributed by atoms with Crippen LogP contribution in [-0.4, -0.2) is 55.3 Å². The predicted octanol–water partition coefficient (Wildman–Crippen LogP) is 5.03. The Balaban J connectivity index is 1.28. The van der Waals surface area contributed by atoms with Crippen molar-refractivity contribution in [2.45, 2.75) is 44.4 Å². The van der Waals surface area contributed by atoms with Crippen molar-refractivity contribution < 1.29 is 9.50 Å². The Kier molecular flexibility index (Phi) is 7.22. The van der Waals surface area contributed by atoms with Crippen LogP contribution in [0.25, 0.3) is 22.4 Å². The number of benzene rings is 1. The molecule has 0 spiro atoms. The van der Waals surface area contributed by atoms with Gasteiger partial charge < -0.3 is 15.4 Å². The van der Waals surface area contributed by atoms with E-state index >= 15 is 0 Å². The van der Waals surface area contributed by atoms with E-state index in [1.54, 1.807) is 18.5 Å². The number of aliphatic hydroxyl groups excluding tert-OH is 1. The monoisotopic (exact) mass is 494 g/mol. The van der Waals surface area contributed by atoms with E-state index in [1.807, 2.05) is 18.2 Å². The zero-order chi connectivity index (χ0) is 24.2. The number of pyridine rings is 1. The summed E-state index contributed by atoms with van der Waals surface area (Å²) < 4.78 is 14.6. The fraction of sp³-hybridized carbons (Fsp3) is 0.346. The Labute approximate surface area is 208 Å². The van der Waals surface area contributed by atoms with Crippen LogP contribution in [0.4, 0.5) is 10.2 Å². The number of hydrogen-bond acceptors (Lipinski definition) is 6. The molecule has 9 heteroatoms. The molecule has 1 saturated heterocycles. The normalized spacial score (nSPS) is 17.5. The van der Waals surface area contributed by atoms with Crippen molar-refractivity contribution in [3.8, 4) is 11.4 Å². The minimum absolute atomic E-state index is 0.0865. The minimum Gasteiger partial charge on any atom is -0.378 e.